The van der Waals surface area contributed by atoms with E-state index < -0.39 is 68.4 Å². The largest absolute Gasteiger partial charge is 0.453 e. The Morgan fingerprint density at radius 3 is 2.09 bits per heavy atom. The number of ether oxygens (including phenoxy) is 4. The van der Waals surface area contributed by atoms with Gasteiger partial charge in [-0.2, -0.15) is 8.42 Å². The zero-order valence-corrected chi connectivity index (χ0v) is 19.7. The Hall–Kier alpha value is -2.06. The van der Waals surface area contributed by atoms with Gasteiger partial charge >= 0.3 is 11.9 Å². The van der Waals surface area contributed by atoms with Gasteiger partial charge in [0, 0.05) is 20.1 Å². The molecule has 1 aromatic carbocycles. The van der Waals surface area contributed by atoms with Crippen LogP contribution in [0, 0.1) is 0 Å². The average Bonchev–Trinajstić information content (AvgIpc) is 2.88. The maximum atomic E-state index is 12.2. The summed E-state index contributed by atoms with van der Waals surface area (Å²) in [6.45, 7) is 1.33. The minimum Gasteiger partial charge on any atom is -0.453 e. The van der Waals surface area contributed by atoms with E-state index in [1.165, 1.54) is 0 Å². The Kier molecular flexibility index (Phi) is 8.39. The van der Waals surface area contributed by atoms with Crippen LogP contribution in [0.2, 0.25) is 0 Å². The van der Waals surface area contributed by atoms with Gasteiger partial charge in [0.25, 0.3) is 10.1 Å². The summed E-state index contributed by atoms with van der Waals surface area (Å²) in [7, 11) is -7.84. The first kappa shape index (κ1) is 26.2. The minimum atomic E-state index is -4.02. The number of carbonyl (C=O) groups excluding carboxylic acids is 2. The monoisotopic (exact) mass is 494 g/mol. The quantitative estimate of drug-likeness (QED) is 0.324. The van der Waals surface area contributed by atoms with Gasteiger partial charge in [0.2, 0.25) is 6.29 Å². The molecule has 0 radical (unpaired) electrons. The van der Waals surface area contributed by atoms with E-state index in [0.29, 0.717) is 5.56 Å². The van der Waals surface area contributed by atoms with E-state index in [1.807, 2.05) is 0 Å². The van der Waals surface area contributed by atoms with Crippen LogP contribution in [0.4, 0.5) is 0 Å². The molecule has 1 heterocycles. The van der Waals surface area contributed by atoms with Crippen LogP contribution in [0.15, 0.2) is 30.3 Å². The van der Waals surface area contributed by atoms with Crippen molar-refractivity contribution in [1.82, 2.24) is 0 Å². The fraction of sp³-hybridized carbons (Fsp3) is 0.579. The molecule has 0 N–H and O–H groups in total. The van der Waals surface area contributed by atoms with E-state index in [4.69, 9.17) is 23.1 Å². The van der Waals surface area contributed by atoms with Crippen LogP contribution < -0.4 is 0 Å². The highest BCUT2D eigenvalue weighted by Gasteiger charge is 2.61. The van der Waals surface area contributed by atoms with E-state index in [1.54, 1.807) is 30.3 Å². The maximum absolute atomic E-state index is 12.2. The van der Waals surface area contributed by atoms with Gasteiger partial charge in [0.05, 0.1) is 25.2 Å². The summed E-state index contributed by atoms with van der Waals surface area (Å²) in [4.78, 5) is 23.3. The average molecular weight is 495 g/mol. The van der Waals surface area contributed by atoms with Gasteiger partial charge in [-0.3, -0.25) is 13.8 Å². The molecule has 1 unspecified atom stereocenters. The van der Waals surface area contributed by atoms with Gasteiger partial charge in [-0.15, -0.1) is 0 Å². The van der Waals surface area contributed by atoms with Crippen molar-refractivity contribution in [3.05, 3.63) is 35.9 Å². The number of sulfone groups is 1. The zero-order chi connectivity index (χ0) is 24.2. The number of carbonyl (C=O) groups is 2. The van der Waals surface area contributed by atoms with Crippen LogP contribution in [0.3, 0.4) is 0 Å². The third-order valence-electron chi connectivity index (χ3n) is 4.32. The van der Waals surface area contributed by atoms with Gasteiger partial charge in [0.15, 0.2) is 6.10 Å². The highest BCUT2D eigenvalue weighted by Crippen LogP contribution is 2.38. The second kappa shape index (κ2) is 10.3. The van der Waals surface area contributed by atoms with Crippen LogP contribution in [0.5, 0.6) is 0 Å². The van der Waals surface area contributed by atoms with Crippen molar-refractivity contribution in [3.8, 4) is 0 Å². The number of rotatable bonds is 10. The lowest BCUT2D eigenvalue weighted by molar-refractivity contribution is -0.204. The van der Waals surface area contributed by atoms with Crippen molar-refractivity contribution in [2.75, 3.05) is 24.9 Å². The lowest BCUT2D eigenvalue weighted by atomic mass is 9.97. The van der Waals surface area contributed by atoms with Gasteiger partial charge in [-0.25, -0.2) is 8.42 Å². The van der Waals surface area contributed by atoms with Gasteiger partial charge in [-0.1, -0.05) is 30.3 Å². The molecule has 32 heavy (non-hydrogen) atoms. The molecule has 1 aliphatic heterocycles. The second-order valence-corrected chi connectivity index (χ2v) is 11.3. The van der Waals surface area contributed by atoms with Crippen molar-refractivity contribution >= 4 is 31.9 Å². The fourth-order valence-corrected chi connectivity index (χ4v) is 4.92. The lowest BCUT2D eigenvalue weighted by Crippen LogP contribution is -2.54. The highest BCUT2D eigenvalue weighted by molar-refractivity contribution is 7.90. The summed E-state index contributed by atoms with van der Waals surface area (Å²) in [6, 6.07) is 8.78. The molecule has 2 rings (SSSR count). The van der Waals surface area contributed by atoms with Gasteiger partial charge in [-0.05, 0) is 5.56 Å². The summed E-state index contributed by atoms with van der Waals surface area (Å²) in [6.07, 6.45) is -2.60. The molecule has 11 nitrogen and oxygen atoms in total. The predicted molar refractivity (Wildman–Crippen MR) is 110 cm³/mol. The van der Waals surface area contributed by atoms with E-state index >= 15 is 0 Å². The molecule has 1 fully saturated rings. The predicted octanol–water partition coefficient (Wildman–Crippen LogP) is 0.183. The summed E-state index contributed by atoms with van der Waals surface area (Å²) in [5, 5.41) is 0. The molecule has 1 aromatic rings. The van der Waals surface area contributed by atoms with Gasteiger partial charge < -0.3 is 18.9 Å². The van der Waals surface area contributed by atoms with Crippen molar-refractivity contribution in [3.63, 3.8) is 0 Å². The van der Waals surface area contributed by atoms with Crippen LogP contribution in [0.1, 0.15) is 19.4 Å². The smallest absolute Gasteiger partial charge is 0.305 e. The summed E-state index contributed by atoms with van der Waals surface area (Å²) in [5.41, 5.74) is -1.27. The Morgan fingerprint density at radius 1 is 1.00 bits per heavy atom. The third-order valence-corrected chi connectivity index (χ3v) is 5.88. The first-order valence-electron chi connectivity index (χ1n) is 9.41. The summed E-state index contributed by atoms with van der Waals surface area (Å²) < 4.78 is 74.7. The van der Waals surface area contributed by atoms with Crippen molar-refractivity contribution in [1.29, 1.82) is 0 Å². The molecule has 1 aliphatic rings. The molecule has 0 spiro atoms. The first-order valence-corrected chi connectivity index (χ1v) is 13.3. The maximum Gasteiger partial charge on any atom is 0.305 e. The molecule has 0 amide bonds. The van der Waals surface area contributed by atoms with Crippen LogP contribution >= 0.6 is 0 Å². The number of benzene rings is 1. The molecular formula is C19H26O11S2. The molecule has 0 aliphatic carbocycles. The third kappa shape index (κ3) is 7.81. The Balaban J connectivity index is 2.53. The van der Waals surface area contributed by atoms with Gasteiger partial charge in [0.1, 0.15) is 21.5 Å². The molecule has 0 aromatic heterocycles. The molecule has 1 saturated heterocycles. The summed E-state index contributed by atoms with van der Waals surface area (Å²) >= 11 is 0. The van der Waals surface area contributed by atoms with E-state index in [0.717, 1.165) is 26.4 Å². The first-order chi connectivity index (χ1) is 14.7. The molecular weight excluding hydrogens is 468 g/mol. The number of hydrogen-bond acceptors (Lipinski definition) is 11. The highest BCUT2D eigenvalue weighted by atomic mass is 32.2. The summed E-state index contributed by atoms with van der Waals surface area (Å²) in [5.74, 6) is -2.33. The van der Waals surface area contributed by atoms with Crippen LogP contribution in [0.25, 0.3) is 0 Å². The SMILES string of the molecule is CC(=O)OC1O[C@@](COS(C)(=O)=O)(CS(C)(=O)=O)[C@@H](OCc2ccccc2)[C@H]1OC(C)=O. The van der Waals surface area contributed by atoms with Crippen molar-refractivity contribution < 1.29 is 49.6 Å². The molecule has 4 atom stereocenters. The van der Waals surface area contributed by atoms with Crippen molar-refractivity contribution in [2.24, 2.45) is 0 Å². The van der Waals surface area contributed by atoms with E-state index in [9.17, 15) is 26.4 Å². The normalized spacial score (nSPS) is 25.9. The fourth-order valence-electron chi connectivity index (χ4n) is 3.30. The van der Waals surface area contributed by atoms with E-state index in [2.05, 4.69) is 0 Å². The lowest BCUT2D eigenvalue weighted by Gasteiger charge is -2.33. The molecule has 13 heteroatoms. The Labute approximate surface area is 187 Å². The topological polar surface area (TPSA) is 149 Å². The number of esters is 2. The Bertz CT molecular complexity index is 1020. The van der Waals surface area contributed by atoms with E-state index in [-0.39, 0.29) is 6.61 Å². The van der Waals surface area contributed by atoms with Crippen molar-refractivity contribution in [2.45, 2.75) is 44.6 Å². The van der Waals surface area contributed by atoms with Crippen LogP contribution in [-0.2, 0) is 59.3 Å². The standard InChI is InChI=1S/C19H26O11S2/c1-13(20)28-16-17(26-10-15-8-6-5-7-9-15)19(12-31(3,22)23,11-27-32(4,24)25)30-18(16)29-14(2)21/h5-9,16-18H,10-12H2,1-4H3/t16-,17+,18?,19+/m1/s1. The zero-order valence-electron chi connectivity index (χ0n) is 18.0. The van der Waals surface area contributed by atoms with Crippen LogP contribution in [-0.4, -0.2) is 77.7 Å². The number of hydrogen-bond donors (Lipinski definition) is 0. The molecule has 0 saturated carbocycles. The Morgan fingerprint density at radius 2 is 1.59 bits per heavy atom. The second-order valence-electron chi connectivity index (χ2n) is 7.49. The molecule has 0 bridgehead atoms. The minimum absolute atomic E-state index is 0.0657. The molecule has 180 valence electrons.